The van der Waals surface area contributed by atoms with E-state index in [1.807, 2.05) is 0 Å². The van der Waals surface area contributed by atoms with Crippen LogP contribution in [0.5, 0.6) is 0 Å². The highest BCUT2D eigenvalue weighted by atomic mass is 16.2. The van der Waals surface area contributed by atoms with E-state index in [2.05, 4.69) is 27.1 Å². The Morgan fingerprint density at radius 2 is 2.13 bits per heavy atom. The number of nitrogens with zero attached hydrogens (tertiary/aromatic N) is 3. The van der Waals surface area contributed by atoms with Crippen LogP contribution in [-0.4, -0.2) is 34.7 Å². The third-order valence-corrected chi connectivity index (χ3v) is 4.45. The maximum absolute atomic E-state index is 11.7. The molecule has 1 aromatic rings. The Balaban J connectivity index is 1.70. The number of hydrogen-bond acceptors (Lipinski definition) is 5. The molecule has 1 aromatic heterocycles. The average Bonchev–Trinajstić information content (AvgIpc) is 2.86. The number of aromatic nitrogens is 2. The third-order valence-electron chi connectivity index (χ3n) is 4.45. The van der Waals surface area contributed by atoms with E-state index in [0.29, 0.717) is 17.3 Å². The van der Waals surface area contributed by atoms with Crippen molar-refractivity contribution in [2.75, 3.05) is 18.0 Å². The number of allylic oxidation sites excluding steroid dienone is 1. The maximum atomic E-state index is 11.7. The van der Waals surface area contributed by atoms with Gasteiger partial charge in [-0.15, -0.1) is 0 Å². The lowest BCUT2D eigenvalue weighted by molar-refractivity contribution is -0.121. The van der Waals surface area contributed by atoms with Crippen molar-refractivity contribution in [3.63, 3.8) is 0 Å². The molecule has 3 rings (SSSR count). The van der Waals surface area contributed by atoms with Crippen LogP contribution in [0.1, 0.15) is 44.7 Å². The highest BCUT2D eigenvalue weighted by molar-refractivity contribution is 6.16. The van der Waals surface area contributed by atoms with Crippen LogP contribution in [0.2, 0.25) is 0 Å². The van der Waals surface area contributed by atoms with Crippen molar-refractivity contribution in [2.45, 2.75) is 39.0 Å². The Morgan fingerprint density at radius 1 is 1.35 bits per heavy atom. The van der Waals surface area contributed by atoms with Gasteiger partial charge in [0.15, 0.2) is 5.78 Å². The second kappa shape index (κ2) is 6.89. The van der Waals surface area contributed by atoms with Crippen molar-refractivity contribution in [3.05, 3.63) is 23.7 Å². The molecule has 0 bridgehead atoms. The van der Waals surface area contributed by atoms with Gasteiger partial charge in [-0.25, -0.2) is 9.97 Å². The summed E-state index contributed by atoms with van der Waals surface area (Å²) < 4.78 is 0. The number of hydrogen-bond donors (Lipinski definition) is 1. The number of nitrogens with one attached hydrogen (secondary N) is 1. The SMILES string of the molecule is CCCC1CCN(c2nccc(/C=C3\NC(=O)CC3=O)n2)CC1. The molecule has 6 nitrogen and oxygen atoms in total. The molecule has 2 fully saturated rings. The first-order chi connectivity index (χ1) is 11.2. The Morgan fingerprint density at radius 3 is 2.78 bits per heavy atom. The van der Waals surface area contributed by atoms with Gasteiger partial charge in [-0.1, -0.05) is 19.8 Å². The Bertz CT molecular complexity index is 633. The van der Waals surface area contributed by atoms with Gasteiger partial charge in [-0.3, -0.25) is 9.59 Å². The molecular weight excluding hydrogens is 292 g/mol. The van der Waals surface area contributed by atoms with Crippen molar-refractivity contribution in [1.29, 1.82) is 0 Å². The summed E-state index contributed by atoms with van der Waals surface area (Å²) in [5.41, 5.74) is 0.970. The zero-order valence-corrected chi connectivity index (χ0v) is 13.4. The molecule has 2 aliphatic heterocycles. The molecule has 6 heteroatoms. The molecule has 1 amide bonds. The molecule has 1 N–H and O–H groups in total. The minimum Gasteiger partial charge on any atom is -0.341 e. The number of ketones is 1. The lowest BCUT2D eigenvalue weighted by Gasteiger charge is -2.31. The molecule has 0 radical (unpaired) electrons. The fourth-order valence-corrected chi connectivity index (χ4v) is 3.19. The van der Waals surface area contributed by atoms with E-state index in [0.717, 1.165) is 19.0 Å². The second-order valence-electron chi connectivity index (χ2n) is 6.21. The smallest absolute Gasteiger partial charge is 0.232 e. The number of rotatable bonds is 4. The molecule has 2 aliphatic rings. The van der Waals surface area contributed by atoms with Crippen molar-refractivity contribution in [3.8, 4) is 0 Å². The van der Waals surface area contributed by atoms with Crippen molar-refractivity contribution >= 4 is 23.7 Å². The van der Waals surface area contributed by atoms with Gasteiger partial charge in [-0.2, -0.15) is 0 Å². The van der Waals surface area contributed by atoms with E-state index in [-0.39, 0.29) is 18.1 Å². The van der Waals surface area contributed by atoms with Crippen LogP contribution in [-0.2, 0) is 9.59 Å². The van der Waals surface area contributed by atoms with E-state index in [1.54, 1.807) is 18.3 Å². The molecule has 3 heterocycles. The minimum atomic E-state index is -0.256. The van der Waals surface area contributed by atoms with Crippen molar-refractivity contribution < 1.29 is 9.59 Å². The van der Waals surface area contributed by atoms with Crippen LogP contribution in [0.4, 0.5) is 5.95 Å². The van der Waals surface area contributed by atoms with Crippen molar-refractivity contribution in [1.82, 2.24) is 15.3 Å². The van der Waals surface area contributed by atoms with Gasteiger partial charge in [0.05, 0.1) is 17.8 Å². The molecule has 0 aromatic carbocycles. The summed E-state index contributed by atoms with van der Waals surface area (Å²) in [6.07, 6.45) is 8.14. The van der Waals surface area contributed by atoms with Gasteiger partial charge in [-0.05, 0) is 30.9 Å². The van der Waals surface area contributed by atoms with Crippen LogP contribution in [0, 0.1) is 5.92 Å². The van der Waals surface area contributed by atoms with Gasteiger partial charge < -0.3 is 10.2 Å². The van der Waals surface area contributed by atoms with Gasteiger partial charge in [0, 0.05) is 19.3 Å². The van der Waals surface area contributed by atoms with Gasteiger partial charge in [0.2, 0.25) is 11.9 Å². The number of anilines is 1. The van der Waals surface area contributed by atoms with Crippen molar-refractivity contribution in [2.24, 2.45) is 5.92 Å². The Hall–Kier alpha value is -2.24. The molecule has 0 unspecified atom stereocenters. The summed E-state index contributed by atoms with van der Waals surface area (Å²) >= 11 is 0. The summed E-state index contributed by atoms with van der Waals surface area (Å²) in [6.45, 7) is 4.18. The molecular formula is C17H22N4O2. The standard InChI is InChI=1S/C17H22N4O2/c1-2-3-12-5-8-21(9-6-12)17-18-7-4-13(19-17)10-14-15(22)11-16(23)20-14/h4,7,10,12H,2-3,5-6,8-9,11H2,1H3,(H,20,23)/b14-10-. The summed E-state index contributed by atoms with van der Waals surface area (Å²) in [5.74, 6) is 1.07. The number of carbonyl (C=O) groups excluding carboxylic acids is 2. The Labute approximate surface area is 136 Å². The van der Waals surface area contributed by atoms with Crippen LogP contribution >= 0.6 is 0 Å². The molecule has 0 saturated carbocycles. The maximum Gasteiger partial charge on any atom is 0.232 e. The van der Waals surface area contributed by atoms with E-state index < -0.39 is 0 Å². The van der Waals surface area contributed by atoms with E-state index in [9.17, 15) is 9.59 Å². The predicted molar refractivity (Wildman–Crippen MR) is 87.6 cm³/mol. The number of Topliss-reactive ketones (excluding diaryl/α,β-unsaturated/α-hetero) is 1. The normalized spacial score (nSPS) is 21.1. The van der Waals surface area contributed by atoms with E-state index in [4.69, 9.17) is 0 Å². The second-order valence-corrected chi connectivity index (χ2v) is 6.21. The molecule has 0 atom stereocenters. The zero-order valence-electron chi connectivity index (χ0n) is 13.4. The molecule has 23 heavy (non-hydrogen) atoms. The molecule has 122 valence electrons. The number of amides is 1. The van der Waals surface area contributed by atoms with Crippen LogP contribution in [0.3, 0.4) is 0 Å². The monoisotopic (exact) mass is 314 g/mol. The fourth-order valence-electron chi connectivity index (χ4n) is 3.19. The summed E-state index contributed by atoms with van der Waals surface area (Å²) in [7, 11) is 0. The quantitative estimate of drug-likeness (QED) is 0.679. The highest BCUT2D eigenvalue weighted by Crippen LogP contribution is 2.24. The summed E-state index contributed by atoms with van der Waals surface area (Å²) in [5, 5.41) is 2.57. The van der Waals surface area contributed by atoms with Gasteiger partial charge in [0.1, 0.15) is 0 Å². The summed E-state index contributed by atoms with van der Waals surface area (Å²) in [6, 6.07) is 1.75. The minimum absolute atomic E-state index is 0.0747. The first-order valence-corrected chi connectivity index (χ1v) is 8.28. The van der Waals surface area contributed by atoms with Crippen LogP contribution in [0.25, 0.3) is 6.08 Å². The van der Waals surface area contributed by atoms with E-state index >= 15 is 0 Å². The third kappa shape index (κ3) is 3.75. The average molecular weight is 314 g/mol. The lowest BCUT2D eigenvalue weighted by Crippen LogP contribution is -2.34. The first kappa shape index (κ1) is 15.6. The number of piperidine rings is 1. The van der Waals surface area contributed by atoms with Gasteiger partial charge in [0.25, 0.3) is 0 Å². The molecule has 0 spiro atoms. The molecule has 0 aliphatic carbocycles. The largest absolute Gasteiger partial charge is 0.341 e. The highest BCUT2D eigenvalue weighted by Gasteiger charge is 2.24. The predicted octanol–water partition coefficient (Wildman–Crippen LogP) is 1.92. The van der Waals surface area contributed by atoms with Gasteiger partial charge >= 0.3 is 0 Å². The first-order valence-electron chi connectivity index (χ1n) is 8.28. The topological polar surface area (TPSA) is 75.2 Å². The number of carbonyl (C=O) groups is 2. The zero-order chi connectivity index (χ0) is 16.2. The Kier molecular flexibility index (Phi) is 4.69. The molecule has 2 saturated heterocycles. The van der Waals surface area contributed by atoms with Crippen LogP contribution in [0.15, 0.2) is 18.0 Å². The lowest BCUT2D eigenvalue weighted by atomic mass is 9.93. The van der Waals surface area contributed by atoms with Crippen LogP contribution < -0.4 is 10.2 Å². The fraction of sp³-hybridized carbons (Fsp3) is 0.529. The van der Waals surface area contributed by atoms with E-state index in [1.165, 1.54) is 25.7 Å². The summed E-state index contributed by atoms with van der Waals surface area (Å²) in [4.78, 5) is 34.0.